The standard InChI is InChI=1S/C20H23FN4O7S2/c21-15-3-7-17(8-4-15)34(30,31)25-11-12-32-18(25)13-24-20(27)19(26)23-10-9-14-1-5-16(6-2-14)33(22,28)29/h1-8,18H,9-13H2,(H,23,26)(H,24,27)(H2,22,28,29)/t18-/m1/s1. The van der Waals surface area contributed by atoms with Crippen molar-refractivity contribution < 1.29 is 35.6 Å². The molecule has 2 aromatic rings. The zero-order valence-electron chi connectivity index (χ0n) is 17.8. The molecule has 0 aliphatic carbocycles. The third-order valence-electron chi connectivity index (χ3n) is 4.96. The quantitative estimate of drug-likeness (QED) is 0.392. The molecule has 14 heteroatoms. The van der Waals surface area contributed by atoms with Gasteiger partial charge in [-0.25, -0.2) is 26.4 Å². The molecule has 34 heavy (non-hydrogen) atoms. The predicted molar refractivity (Wildman–Crippen MR) is 118 cm³/mol. The van der Waals surface area contributed by atoms with Crippen molar-refractivity contribution in [3.63, 3.8) is 0 Å². The summed E-state index contributed by atoms with van der Waals surface area (Å²) in [4.78, 5) is 24.0. The Morgan fingerprint density at radius 3 is 2.18 bits per heavy atom. The summed E-state index contributed by atoms with van der Waals surface area (Å²) in [5, 5.41) is 9.79. The molecular weight excluding hydrogens is 491 g/mol. The molecule has 1 fully saturated rings. The van der Waals surface area contributed by atoms with E-state index in [0.717, 1.165) is 28.6 Å². The molecule has 0 unspecified atom stereocenters. The maximum Gasteiger partial charge on any atom is 0.309 e. The Bertz CT molecular complexity index is 1250. The second-order valence-corrected chi connectivity index (χ2v) is 10.8. The number of nitrogens with two attached hydrogens (primary N) is 1. The Balaban J connectivity index is 1.48. The number of sulfonamides is 2. The lowest BCUT2D eigenvalue weighted by Crippen LogP contribution is -2.47. The molecule has 1 aliphatic rings. The zero-order chi connectivity index (χ0) is 24.9. The van der Waals surface area contributed by atoms with Crippen LogP contribution in [0, 0.1) is 5.82 Å². The number of hydrogen-bond acceptors (Lipinski definition) is 7. The van der Waals surface area contributed by atoms with Crippen LogP contribution in [-0.4, -0.2) is 65.4 Å². The summed E-state index contributed by atoms with van der Waals surface area (Å²) in [6, 6.07) is 10.1. The first-order valence-corrected chi connectivity index (χ1v) is 13.0. The zero-order valence-corrected chi connectivity index (χ0v) is 19.4. The molecule has 3 rings (SSSR count). The summed E-state index contributed by atoms with van der Waals surface area (Å²) < 4.78 is 67.6. The molecule has 2 amide bonds. The van der Waals surface area contributed by atoms with E-state index in [-0.39, 0.29) is 36.0 Å². The molecule has 1 heterocycles. The van der Waals surface area contributed by atoms with Gasteiger partial charge in [0.15, 0.2) is 0 Å². The van der Waals surface area contributed by atoms with Gasteiger partial charge in [-0.1, -0.05) is 12.1 Å². The number of halogens is 1. The minimum Gasteiger partial charge on any atom is -0.359 e. The second-order valence-electron chi connectivity index (χ2n) is 7.30. The molecule has 0 aromatic heterocycles. The van der Waals surface area contributed by atoms with Crippen LogP contribution in [0.15, 0.2) is 58.3 Å². The summed E-state index contributed by atoms with van der Waals surface area (Å²) in [5.41, 5.74) is 0.717. The van der Waals surface area contributed by atoms with Crippen molar-refractivity contribution in [1.29, 1.82) is 0 Å². The van der Waals surface area contributed by atoms with Crippen LogP contribution >= 0.6 is 0 Å². The van der Waals surface area contributed by atoms with E-state index in [1.165, 1.54) is 12.1 Å². The predicted octanol–water partition coefficient (Wildman–Crippen LogP) is -0.705. The highest BCUT2D eigenvalue weighted by atomic mass is 32.2. The van der Waals surface area contributed by atoms with Gasteiger partial charge >= 0.3 is 11.8 Å². The number of carbonyl (C=O) groups excluding carboxylic acids is 2. The van der Waals surface area contributed by atoms with E-state index in [4.69, 9.17) is 9.88 Å². The summed E-state index contributed by atoms with van der Waals surface area (Å²) in [7, 11) is -7.78. The lowest BCUT2D eigenvalue weighted by Gasteiger charge is -2.22. The number of nitrogens with one attached hydrogen (secondary N) is 2. The number of carbonyl (C=O) groups is 2. The number of hydrogen-bond donors (Lipinski definition) is 3. The van der Waals surface area contributed by atoms with E-state index in [9.17, 15) is 30.8 Å². The summed E-state index contributed by atoms with van der Waals surface area (Å²) in [5.74, 6) is -2.47. The van der Waals surface area contributed by atoms with E-state index in [0.29, 0.717) is 12.0 Å². The lowest BCUT2D eigenvalue weighted by molar-refractivity contribution is -0.139. The average molecular weight is 515 g/mol. The third kappa shape index (κ3) is 6.36. The Morgan fingerprint density at radius 2 is 1.56 bits per heavy atom. The molecular formula is C20H23FN4O7S2. The Morgan fingerprint density at radius 1 is 0.971 bits per heavy atom. The number of amides is 2. The maximum absolute atomic E-state index is 13.1. The van der Waals surface area contributed by atoms with Crippen molar-refractivity contribution in [3.05, 3.63) is 59.9 Å². The van der Waals surface area contributed by atoms with Crippen molar-refractivity contribution in [2.75, 3.05) is 26.2 Å². The van der Waals surface area contributed by atoms with Gasteiger partial charge in [0, 0.05) is 13.1 Å². The topological polar surface area (TPSA) is 165 Å². The molecule has 4 N–H and O–H groups in total. The fourth-order valence-corrected chi connectivity index (χ4v) is 5.22. The molecule has 2 aromatic carbocycles. The normalized spacial score (nSPS) is 16.8. The number of benzene rings is 2. The van der Waals surface area contributed by atoms with Crippen molar-refractivity contribution in [2.45, 2.75) is 22.4 Å². The summed E-state index contributed by atoms with van der Waals surface area (Å²) in [6.07, 6.45) is -0.691. The third-order valence-corrected chi connectivity index (χ3v) is 7.79. The van der Waals surface area contributed by atoms with Gasteiger partial charge in [-0.2, -0.15) is 4.31 Å². The van der Waals surface area contributed by atoms with Crippen LogP contribution in [0.1, 0.15) is 5.56 Å². The SMILES string of the molecule is NS(=O)(=O)c1ccc(CCNC(=O)C(=O)NC[C@H]2OCCN2S(=O)(=O)c2ccc(F)cc2)cc1. The van der Waals surface area contributed by atoms with Crippen molar-refractivity contribution in [3.8, 4) is 0 Å². The fourth-order valence-electron chi connectivity index (χ4n) is 3.19. The minimum absolute atomic E-state index is 0.0377. The smallest absolute Gasteiger partial charge is 0.309 e. The molecule has 0 spiro atoms. The first kappa shape index (κ1) is 25.7. The second kappa shape index (κ2) is 10.6. The van der Waals surface area contributed by atoms with Crippen molar-refractivity contribution in [1.82, 2.24) is 14.9 Å². The Kier molecular flexibility index (Phi) is 7.99. The van der Waals surface area contributed by atoms with Crippen LogP contribution in [-0.2, 0) is 40.8 Å². The highest BCUT2D eigenvalue weighted by Crippen LogP contribution is 2.22. The van der Waals surface area contributed by atoms with Crippen LogP contribution in [0.3, 0.4) is 0 Å². The lowest BCUT2D eigenvalue weighted by atomic mass is 10.1. The number of primary sulfonamides is 1. The highest BCUT2D eigenvalue weighted by molar-refractivity contribution is 7.89. The molecule has 0 bridgehead atoms. The summed E-state index contributed by atoms with van der Waals surface area (Å²) >= 11 is 0. The number of rotatable bonds is 8. The van der Waals surface area contributed by atoms with Gasteiger partial charge in [0.2, 0.25) is 20.0 Å². The molecule has 1 saturated heterocycles. The van der Waals surface area contributed by atoms with Gasteiger partial charge in [0.05, 0.1) is 22.9 Å². The van der Waals surface area contributed by atoms with Gasteiger partial charge in [-0.3, -0.25) is 9.59 Å². The highest BCUT2D eigenvalue weighted by Gasteiger charge is 2.36. The summed E-state index contributed by atoms with van der Waals surface area (Å²) in [6.45, 7) is -0.0260. The van der Waals surface area contributed by atoms with E-state index >= 15 is 0 Å². The monoisotopic (exact) mass is 514 g/mol. The molecule has 1 atom stereocenters. The van der Waals surface area contributed by atoms with Crippen LogP contribution in [0.4, 0.5) is 4.39 Å². The number of nitrogens with zero attached hydrogens (tertiary/aromatic N) is 1. The van der Waals surface area contributed by atoms with E-state index in [1.807, 2.05) is 0 Å². The van der Waals surface area contributed by atoms with Crippen LogP contribution < -0.4 is 15.8 Å². The van der Waals surface area contributed by atoms with Crippen molar-refractivity contribution in [2.24, 2.45) is 5.14 Å². The Labute approximate surface area is 196 Å². The average Bonchev–Trinajstić information content (AvgIpc) is 3.27. The molecule has 0 radical (unpaired) electrons. The molecule has 11 nitrogen and oxygen atoms in total. The van der Waals surface area contributed by atoms with E-state index < -0.39 is 43.9 Å². The number of ether oxygens (including phenoxy) is 1. The van der Waals surface area contributed by atoms with Crippen LogP contribution in [0.25, 0.3) is 0 Å². The van der Waals surface area contributed by atoms with Gasteiger partial charge < -0.3 is 15.4 Å². The Hall–Kier alpha value is -2.91. The first-order chi connectivity index (χ1) is 16.0. The van der Waals surface area contributed by atoms with Gasteiger partial charge in [0.1, 0.15) is 12.0 Å². The van der Waals surface area contributed by atoms with E-state index in [1.54, 1.807) is 12.1 Å². The minimum atomic E-state index is -3.99. The van der Waals surface area contributed by atoms with E-state index in [2.05, 4.69) is 10.6 Å². The first-order valence-electron chi connectivity index (χ1n) is 10.1. The molecule has 0 saturated carbocycles. The van der Waals surface area contributed by atoms with Gasteiger partial charge in [-0.05, 0) is 48.4 Å². The molecule has 184 valence electrons. The largest absolute Gasteiger partial charge is 0.359 e. The molecule has 1 aliphatic heterocycles. The van der Waals surface area contributed by atoms with Crippen LogP contribution in [0.5, 0.6) is 0 Å². The van der Waals surface area contributed by atoms with Gasteiger partial charge in [0.25, 0.3) is 0 Å². The van der Waals surface area contributed by atoms with Crippen LogP contribution in [0.2, 0.25) is 0 Å². The van der Waals surface area contributed by atoms with Gasteiger partial charge in [-0.15, -0.1) is 0 Å². The maximum atomic E-state index is 13.1. The fraction of sp³-hybridized carbons (Fsp3) is 0.300. The van der Waals surface area contributed by atoms with Crippen molar-refractivity contribution >= 4 is 31.9 Å².